The van der Waals surface area contributed by atoms with Crippen molar-refractivity contribution in [2.45, 2.75) is 0 Å². The first-order valence-corrected chi connectivity index (χ1v) is 1.69. The molecule has 0 rings (SSSR count). The maximum atomic E-state index is 9.90. The van der Waals surface area contributed by atoms with Gasteiger partial charge in [-0.15, -0.1) is 0 Å². The standard InChI is InChI=1S/C4H2N3O/c5-1-3(2-6)4(7)8/h(H2,7,8)/q-1. The van der Waals surface area contributed by atoms with Crippen LogP contribution in [0.4, 0.5) is 0 Å². The summed E-state index contributed by atoms with van der Waals surface area (Å²) in [5.74, 6) is 0.355. The van der Waals surface area contributed by atoms with Crippen molar-refractivity contribution >= 4 is 11.8 Å². The second kappa shape index (κ2) is 2.56. The molecule has 0 unspecified atom stereocenters. The van der Waals surface area contributed by atoms with Crippen molar-refractivity contribution in [2.24, 2.45) is 5.73 Å². The van der Waals surface area contributed by atoms with Crippen molar-refractivity contribution in [2.75, 3.05) is 0 Å². The second-order valence-corrected chi connectivity index (χ2v) is 0.963. The molecule has 4 nitrogen and oxygen atoms in total. The Kier molecular flexibility index (Phi) is 2.05. The summed E-state index contributed by atoms with van der Waals surface area (Å²) in [6.07, 6.45) is 0. The van der Waals surface area contributed by atoms with Gasteiger partial charge in [-0.3, -0.25) is 4.79 Å². The van der Waals surface area contributed by atoms with Gasteiger partial charge in [0.25, 0.3) is 5.91 Å². The number of primary amides is 1. The molecule has 0 saturated carbocycles. The summed E-state index contributed by atoms with van der Waals surface area (Å²) >= 11 is 0. The Morgan fingerprint density at radius 1 is 1.75 bits per heavy atom. The number of hydrogen-bond acceptors (Lipinski definition) is 2. The van der Waals surface area contributed by atoms with Gasteiger partial charge in [-0.05, 0) is 0 Å². The number of nitrogens with two attached hydrogens (primary N) is 1. The van der Waals surface area contributed by atoms with Crippen LogP contribution in [-0.2, 0) is 4.79 Å². The topological polar surface area (TPSA) is 89.2 Å². The third-order valence-corrected chi connectivity index (χ3v) is 0.470. The molecule has 1 amide bonds. The number of hydrogen-bond donors (Lipinski definition) is 1. The Morgan fingerprint density at radius 2 is 2.25 bits per heavy atom. The summed E-state index contributed by atoms with van der Waals surface area (Å²) in [6, 6.07) is 1.33. The van der Waals surface area contributed by atoms with E-state index in [9.17, 15) is 4.79 Å². The molecule has 0 radical (unpaired) electrons. The smallest absolute Gasteiger partial charge is 0.265 e. The van der Waals surface area contributed by atoms with Crippen LogP contribution in [0.25, 0.3) is 5.41 Å². The lowest BCUT2D eigenvalue weighted by molar-refractivity contribution is -0.114. The maximum Gasteiger partial charge on any atom is 0.265 e. The van der Waals surface area contributed by atoms with E-state index in [0.717, 1.165) is 0 Å². The number of nitriles is 1. The summed E-state index contributed by atoms with van der Waals surface area (Å²) in [6.45, 7) is 0. The highest BCUT2D eigenvalue weighted by Crippen LogP contribution is 1.78. The normalized spacial score (nSPS) is 6.38. The van der Waals surface area contributed by atoms with E-state index < -0.39 is 11.5 Å². The number of nitrogens with zero attached hydrogens (tertiary/aromatic N) is 2. The monoisotopic (exact) mass is 108 g/mol. The molecular weight excluding hydrogens is 106 g/mol. The molecule has 0 fully saturated rings. The fraction of sp³-hybridized carbons (Fsp3) is 0. The Hall–Kier alpha value is -1.59. The molecule has 0 heterocycles. The molecule has 4 heteroatoms. The van der Waals surface area contributed by atoms with Gasteiger partial charge in [0.05, 0.1) is 0 Å². The summed E-state index contributed by atoms with van der Waals surface area (Å²) < 4.78 is 0. The number of rotatable bonds is 1. The molecule has 0 aliphatic carbocycles. The van der Waals surface area contributed by atoms with Crippen LogP contribution in [0, 0.1) is 11.3 Å². The van der Waals surface area contributed by atoms with E-state index in [-0.39, 0.29) is 0 Å². The first kappa shape index (κ1) is 6.41. The van der Waals surface area contributed by atoms with Gasteiger partial charge in [0.15, 0.2) is 0 Å². The van der Waals surface area contributed by atoms with Crippen molar-refractivity contribution in [3.05, 3.63) is 11.0 Å². The van der Waals surface area contributed by atoms with E-state index in [1.165, 1.54) is 11.9 Å². The zero-order valence-electron chi connectivity index (χ0n) is 3.88. The molecule has 0 saturated heterocycles. The van der Waals surface area contributed by atoms with Crippen molar-refractivity contribution in [1.29, 1.82) is 5.26 Å². The van der Waals surface area contributed by atoms with Crippen LogP contribution < -0.4 is 5.73 Å². The van der Waals surface area contributed by atoms with Crippen molar-refractivity contribution in [1.82, 2.24) is 0 Å². The zero-order chi connectivity index (χ0) is 6.57. The average molecular weight is 108 g/mol. The minimum Gasteiger partial charge on any atom is -0.762 e. The zero-order valence-corrected chi connectivity index (χ0v) is 3.88. The number of amides is 1. The van der Waals surface area contributed by atoms with Crippen molar-refractivity contribution in [3.8, 4) is 6.07 Å². The number of carbonyl (C=O) groups excluding carboxylic acids is 1. The SMILES string of the molecule is N#CC(=C=[N-])C(N)=O. The molecule has 0 atom stereocenters. The molecular formula is C4H2N3O-. The van der Waals surface area contributed by atoms with Gasteiger partial charge in [-0.1, -0.05) is 0 Å². The third-order valence-electron chi connectivity index (χ3n) is 0.470. The summed E-state index contributed by atoms with van der Waals surface area (Å²) in [4.78, 5) is 9.90. The Balaban J connectivity index is 4.46. The van der Waals surface area contributed by atoms with E-state index in [2.05, 4.69) is 5.73 Å². The van der Waals surface area contributed by atoms with Gasteiger partial charge in [0.1, 0.15) is 11.6 Å². The highest BCUT2D eigenvalue weighted by molar-refractivity contribution is 6.04. The predicted molar refractivity (Wildman–Crippen MR) is 26.7 cm³/mol. The molecule has 0 aliphatic rings. The van der Waals surface area contributed by atoms with Crippen molar-refractivity contribution < 1.29 is 4.79 Å². The molecule has 40 valence electrons. The van der Waals surface area contributed by atoms with E-state index in [1.807, 2.05) is 0 Å². The van der Waals surface area contributed by atoms with E-state index >= 15 is 0 Å². The Labute approximate surface area is 45.7 Å². The molecule has 0 aliphatic heterocycles. The van der Waals surface area contributed by atoms with E-state index in [4.69, 9.17) is 10.7 Å². The summed E-state index contributed by atoms with van der Waals surface area (Å²) in [5, 5.41) is 15.8. The lowest BCUT2D eigenvalue weighted by atomic mass is 10.3. The summed E-state index contributed by atoms with van der Waals surface area (Å²) in [7, 11) is 0. The highest BCUT2D eigenvalue weighted by atomic mass is 16.1. The van der Waals surface area contributed by atoms with E-state index in [0.29, 0.717) is 0 Å². The van der Waals surface area contributed by atoms with Crippen LogP contribution in [0.2, 0.25) is 0 Å². The maximum absolute atomic E-state index is 9.90. The quantitative estimate of drug-likeness (QED) is 0.269. The van der Waals surface area contributed by atoms with Gasteiger partial charge in [-0.25, -0.2) is 5.87 Å². The van der Waals surface area contributed by atoms with Crippen LogP contribution >= 0.6 is 0 Å². The Morgan fingerprint density at radius 3 is 2.25 bits per heavy atom. The van der Waals surface area contributed by atoms with E-state index in [1.54, 1.807) is 0 Å². The molecule has 0 aromatic carbocycles. The minimum atomic E-state index is -0.977. The molecule has 0 bridgehead atoms. The minimum absolute atomic E-state index is 0.565. The fourth-order valence-corrected chi connectivity index (χ4v) is 0.135. The molecule has 0 aromatic heterocycles. The van der Waals surface area contributed by atoms with Crippen molar-refractivity contribution in [3.63, 3.8) is 0 Å². The van der Waals surface area contributed by atoms with Crippen LogP contribution in [0.1, 0.15) is 0 Å². The highest BCUT2D eigenvalue weighted by Gasteiger charge is 1.95. The van der Waals surface area contributed by atoms with Gasteiger partial charge in [0.2, 0.25) is 0 Å². The van der Waals surface area contributed by atoms with Gasteiger partial charge in [0, 0.05) is 0 Å². The molecule has 0 aromatic rings. The third kappa shape index (κ3) is 1.25. The predicted octanol–water partition coefficient (Wildman–Crippen LogP) is -0.839. The fourth-order valence-electron chi connectivity index (χ4n) is 0.135. The Bertz CT molecular complexity index is 194. The van der Waals surface area contributed by atoms with Crippen LogP contribution in [0.5, 0.6) is 0 Å². The number of carbonyl (C=O) groups is 1. The van der Waals surface area contributed by atoms with Gasteiger partial charge >= 0.3 is 0 Å². The van der Waals surface area contributed by atoms with Crippen LogP contribution in [-0.4, -0.2) is 11.8 Å². The molecule has 2 N–H and O–H groups in total. The summed E-state index contributed by atoms with van der Waals surface area (Å²) in [5.41, 5.74) is 3.97. The lowest BCUT2D eigenvalue weighted by Crippen LogP contribution is -2.12. The largest absolute Gasteiger partial charge is 0.762 e. The van der Waals surface area contributed by atoms with Gasteiger partial charge in [-0.2, -0.15) is 5.26 Å². The van der Waals surface area contributed by atoms with Gasteiger partial charge < -0.3 is 11.1 Å². The first-order chi connectivity index (χ1) is 3.72. The molecule has 8 heavy (non-hydrogen) atoms. The second-order valence-electron chi connectivity index (χ2n) is 0.963. The lowest BCUT2D eigenvalue weighted by Gasteiger charge is -1.82. The first-order valence-electron chi connectivity index (χ1n) is 1.69. The average Bonchev–Trinajstić information content (AvgIpc) is 1.69. The van der Waals surface area contributed by atoms with Crippen LogP contribution in [0.15, 0.2) is 5.57 Å². The molecule has 0 spiro atoms. The van der Waals surface area contributed by atoms with Crippen LogP contribution in [0.3, 0.4) is 0 Å².